The molecule has 0 atom stereocenters. The number of aryl methyl sites for hydroxylation is 1. The number of nitrogens with one attached hydrogen (secondary N) is 2. The molecule has 0 fully saturated rings. The summed E-state index contributed by atoms with van der Waals surface area (Å²) < 4.78 is 0. The quantitative estimate of drug-likeness (QED) is 0.604. The predicted molar refractivity (Wildman–Crippen MR) is 93.0 cm³/mol. The van der Waals surface area contributed by atoms with Gasteiger partial charge in [-0.25, -0.2) is 9.78 Å². The van der Waals surface area contributed by atoms with Gasteiger partial charge in [0.1, 0.15) is 0 Å². The molecule has 2 aromatic carbocycles. The Morgan fingerprint density at radius 2 is 2.08 bits per heavy atom. The molecule has 0 aliphatic rings. The van der Waals surface area contributed by atoms with Crippen LogP contribution in [0.25, 0.3) is 11.0 Å². The number of imidazole rings is 1. The molecule has 0 bridgehead atoms. The third kappa shape index (κ3) is 3.92. The molecule has 0 aliphatic heterocycles. The van der Waals surface area contributed by atoms with Crippen molar-refractivity contribution in [2.24, 2.45) is 0 Å². The van der Waals surface area contributed by atoms with E-state index in [2.05, 4.69) is 15.3 Å². The van der Waals surface area contributed by atoms with Crippen LogP contribution in [-0.4, -0.2) is 32.7 Å². The maximum Gasteiger partial charge on any atom is 0.335 e. The topological polar surface area (TPSA) is 118 Å². The van der Waals surface area contributed by atoms with E-state index in [4.69, 9.17) is 5.11 Å². The molecular weight excluding hydrogens is 342 g/mol. The highest BCUT2D eigenvalue weighted by Crippen LogP contribution is 2.22. The molecule has 3 rings (SSSR count). The van der Waals surface area contributed by atoms with Gasteiger partial charge in [-0.1, -0.05) is 29.6 Å². The number of hydrogen-bond acceptors (Lipinski definition) is 5. The van der Waals surface area contributed by atoms with Gasteiger partial charge in [-0.2, -0.15) is 0 Å². The summed E-state index contributed by atoms with van der Waals surface area (Å²) in [5, 5.41) is 23.5. The molecule has 0 saturated carbocycles. The number of aromatic nitrogens is 2. The number of anilines is 1. The van der Waals surface area contributed by atoms with Crippen molar-refractivity contribution in [1.82, 2.24) is 9.97 Å². The summed E-state index contributed by atoms with van der Waals surface area (Å²) in [7, 11) is 0. The molecule has 128 valence electrons. The van der Waals surface area contributed by atoms with Crippen molar-refractivity contribution in [2.45, 2.75) is 12.1 Å². The van der Waals surface area contributed by atoms with Crippen molar-refractivity contribution in [2.75, 3.05) is 11.1 Å². The number of amides is 1. The number of carbonyl (C=O) groups is 2. The Bertz CT molecular complexity index is 968. The molecular formula is C17H14N3O4S-. The van der Waals surface area contributed by atoms with E-state index in [1.54, 1.807) is 0 Å². The number of carboxylic acid groups (broad SMARTS) is 1. The van der Waals surface area contributed by atoms with E-state index in [-0.39, 0.29) is 22.9 Å². The second-order valence-electron chi connectivity index (χ2n) is 5.42. The lowest BCUT2D eigenvalue weighted by molar-refractivity contribution is -0.268. The zero-order chi connectivity index (χ0) is 18.0. The molecule has 0 aliphatic carbocycles. The van der Waals surface area contributed by atoms with Gasteiger partial charge in [-0.3, -0.25) is 4.79 Å². The molecule has 0 saturated heterocycles. The van der Waals surface area contributed by atoms with Crippen LogP contribution >= 0.6 is 11.8 Å². The van der Waals surface area contributed by atoms with Gasteiger partial charge in [-0.15, -0.1) is 0 Å². The van der Waals surface area contributed by atoms with E-state index in [9.17, 15) is 14.7 Å². The van der Waals surface area contributed by atoms with E-state index in [1.807, 2.05) is 25.1 Å². The van der Waals surface area contributed by atoms with Gasteiger partial charge in [0.05, 0.1) is 22.3 Å². The fourth-order valence-electron chi connectivity index (χ4n) is 2.27. The highest BCUT2D eigenvalue weighted by atomic mass is 32.2. The Labute approximate surface area is 147 Å². The first-order valence-corrected chi connectivity index (χ1v) is 8.34. The molecule has 3 N–H and O–H groups in total. The standard InChI is InChI=1S/C17H15N3O4S/c1-9-2-4-12-13(6-9)20-17(19-12)25-8-15(22)18-10-3-5-14(21)11(7-10)16(23)24/h2-7,21H,8H2,1H3,(H,18,22)(H,19,20)(H,23,24)/p-1. The Balaban J connectivity index is 1.64. The third-order valence-electron chi connectivity index (χ3n) is 3.45. The van der Waals surface area contributed by atoms with E-state index >= 15 is 0 Å². The molecule has 3 aromatic rings. The van der Waals surface area contributed by atoms with Gasteiger partial charge >= 0.3 is 5.97 Å². The van der Waals surface area contributed by atoms with Crippen LogP contribution in [0, 0.1) is 6.92 Å². The van der Waals surface area contributed by atoms with Crippen molar-refractivity contribution in [3.8, 4) is 5.75 Å². The van der Waals surface area contributed by atoms with Crippen molar-refractivity contribution in [3.05, 3.63) is 47.5 Å². The summed E-state index contributed by atoms with van der Waals surface area (Å²) >= 11 is 1.24. The Hall–Kier alpha value is -3.00. The summed E-state index contributed by atoms with van der Waals surface area (Å²) in [6, 6.07) is 9.49. The fraction of sp³-hybridized carbons (Fsp3) is 0.118. The maximum absolute atomic E-state index is 12.0. The minimum atomic E-state index is -1.33. The van der Waals surface area contributed by atoms with Gasteiger partial charge in [0.15, 0.2) is 5.16 Å². The van der Waals surface area contributed by atoms with Gasteiger partial charge in [0.2, 0.25) is 5.91 Å². The first-order chi connectivity index (χ1) is 11.9. The van der Waals surface area contributed by atoms with Crippen LogP contribution in [0.2, 0.25) is 0 Å². The predicted octanol–water partition coefficient (Wildman–Crippen LogP) is 2.37. The molecule has 0 radical (unpaired) electrons. The number of nitrogens with zero attached hydrogens (tertiary/aromatic N) is 1. The number of thioether (sulfide) groups is 1. The first-order valence-electron chi connectivity index (χ1n) is 7.36. The minimum Gasteiger partial charge on any atom is -0.872 e. The van der Waals surface area contributed by atoms with Gasteiger partial charge in [0.25, 0.3) is 0 Å². The number of rotatable bonds is 5. The second kappa shape index (κ2) is 6.86. The van der Waals surface area contributed by atoms with Crippen LogP contribution in [0.3, 0.4) is 0 Å². The first kappa shape index (κ1) is 16.8. The average Bonchev–Trinajstić information content (AvgIpc) is 2.96. The van der Waals surface area contributed by atoms with E-state index in [1.165, 1.54) is 17.8 Å². The van der Waals surface area contributed by atoms with Crippen LogP contribution in [0.4, 0.5) is 5.69 Å². The molecule has 0 unspecified atom stereocenters. The molecule has 0 spiro atoms. The number of H-pyrrole nitrogens is 1. The summed E-state index contributed by atoms with van der Waals surface area (Å²) in [5.74, 6) is -2.15. The molecule has 1 amide bonds. The lowest BCUT2D eigenvalue weighted by Crippen LogP contribution is -2.15. The molecule has 1 aromatic heterocycles. The number of hydrogen-bond donors (Lipinski definition) is 3. The van der Waals surface area contributed by atoms with Crippen molar-refractivity contribution < 1.29 is 19.8 Å². The average molecular weight is 356 g/mol. The Morgan fingerprint density at radius 1 is 1.28 bits per heavy atom. The Morgan fingerprint density at radius 3 is 2.84 bits per heavy atom. The fourth-order valence-corrected chi connectivity index (χ4v) is 2.96. The van der Waals surface area contributed by atoms with E-state index in [0.717, 1.165) is 28.7 Å². The second-order valence-corrected chi connectivity index (χ2v) is 6.38. The summed E-state index contributed by atoms with van der Waals surface area (Å²) in [6.45, 7) is 1.99. The largest absolute Gasteiger partial charge is 0.872 e. The lowest BCUT2D eigenvalue weighted by atomic mass is 10.2. The summed E-state index contributed by atoms with van der Waals surface area (Å²) in [4.78, 5) is 30.5. The number of carboxylic acids is 1. The van der Waals surface area contributed by atoms with Crippen LogP contribution in [0.15, 0.2) is 41.6 Å². The highest BCUT2D eigenvalue weighted by molar-refractivity contribution is 7.99. The van der Waals surface area contributed by atoms with E-state index in [0.29, 0.717) is 5.16 Å². The maximum atomic E-state index is 12.0. The molecule has 7 nitrogen and oxygen atoms in total. The number of carbonyl (C=O) groups excluding carboxylic acids is 1. The monoisotopic (exact) mass is 356 g/mol. The number of aromatic amines is 1. The normalized spacial score (nSPS) is 10.8. The zero-order valence-corrected chi connectivity index (χ0v) is 14.0. The molecule has 25 heavy (non-hydrogen) atoms. The van der Waals surface area contributed by atoms with Crippen LogP contribution in [0.5, 0.6) is 5.75 Å². The van der Waals surface area contributed by atoms with Gasteiger partial charge < -0.3 is 20.5 Å². The van der Waals surface area contributed by atoms with Crippen LogP contribution < -0.4 is 10.4 Å². The van der Waals surface area contributed by atoms with E-state index < -0.39 is 11.7 Å². The van der Waals surface area contributed by atoms with Crippen molar-refractivity contribution in [3.63, 3.8) is 0 Å². The smallest absolute Gasteiger partial charge is 0.335 e. The SMILES string of the molecule is Cc1ccc2nc(SCC(=O)Nc3ccc([O-])c(C(=O)O)c3)[nH]c2c1. The Kier molecular flexibility index (Phi) is 4.62. The van der Waals surface area contributed by atoms with Gasteiger partial charge in [0, 0.05) is 5.69 Å². The van der Waals surface area contributed by atoms with Crippen molar-refractivity contribution >= 4 is 40.4 Å². The zero-order valence-electron chi connectivity index (χ0n) is 13.2. The third-order valence-corrected chi connectivity index (χ3v) is 4.32. The number of benzene rings is 2. The van der Waals surface area contributed by atoms with Crippen LogP contribution in [0.1, 0.15) is 15.9 Å². The number of fused-ring (bicyclic) bond motifs is 1. The lowest BCUT2D eigenvalue weighted by Gasteiger charge is -2.12. The van der Waals surface area contributed by atoms with Gasteiger partial charge in [-0.05, 0) is 36.8 Å². The molecule has 1 heterocycles. The highest BCUT2D eigenvalue weighted by Gasteiger charge is 2.10. The van der Waals surface area contributed by atoms with Crippen LogP contribution in [-0.2, 0) is 4.79 Å². The minimum absolute atomic E-state index is 0.0976. The molecule has 8 heteroatoms. The number of aromatic carboxylic acids is 1. The summed E-state index contributed by atoms with van der Waals surface area (Å²) in [6.07, 6.45) is 0. The van der Waals surface area contributed by atoms with Crippen molar-refractivity contribution in [1.29, 1.82) is 0 Å². The summed E-state index contributed by atoms with van der Waals surface area (Å²) in [5.41, 5.74) is 2.73.